The Morgan fingerprint density at radius 3 is 2.79 bits per heavy atom. The fraction of sp³-hybridized carbons (Fsp3) is 0.105. The van der Waals surface area contributed by atoms with E-state index in [0.29, 0.717) is 23.4 Å². The lowest BCUT2D eigenvalue weighted by atomic mass is 9.97. The highest BCUT2D eigenvalue weighted by atomic mass is 19.1. The zero-order valence-electron chi connectivity index (χ0n) is 13.0. The monoisotopic (exact) mass is 319 g/mol. The molecule has 0 radical (unpaired) electrons. The molecule has 3 aromatic rings. The molecule has 0 unspecified atom stereocenters. The first-order chi connectivity index (χ1) is 11.6. The summed E-state index contributed by atoms with van der Waals surface area (Å²) in [7, 11) is 0. The molecule has 1 aliphatic rings. The van der Waals surface area contributed by atoms with Crippen molar-refractivity contribution in [3.63, 3.8) is 0 Å². The van der Waals surface area contributed by atoms with E-state index in [9.17, 15) is 9.18 Å². The van der Waals surface area contributed by atoms with Crippen molar-refractivity contribution in [1.82, 2.24) is 9.55 Å². The SMILES string of the molecule is CC(=O)c1ccc2c(c1)C(c1ccccc1F)=NCc1nccn1-2. The van der Waals surface area contributed by atoms with Gasteiger partial charge in [-0.3, -0.25) is 9.79 Å². The number of imidazole rings is 1. The first kappa shape index (κ1) is 14.5. The summed E-state index contributed by atoms with van der Waals surface area (Å²) in [5.74, 6) is 0.397. The topological polar surface area (TPSA) is 47.2 Å². The Hall–Kier alpha value is -3.08. The Morgan fingerprint density at radius 1 is 1.17 bits per heavy atom. The summed E-state index contributed by atoms with van der Waals surface area (Å²) >= 11 is 0. The van der Waals surface area contributed by atoms with Crippen LogP contribution in [0.1, 0.15) is 34.2 Å². The standard InChI is InChI=1S/C19H14FN3O/c1-12(24)13-6-7-17-15(10-13)19(14-4-2-3-5-16(14)20)22-11-18-21-8-9-23(17)18/h2-10H,11H2,1H3. The molecule has 0 aliphatic carbocycles. The summed E-state index contributed by atoms with van der Waals surface area (Å²) < 4.78 is 16.3. The van der Waals surface area contributed by atoms with Crippen LogP contribution < -0.4 is 0 Å². The molecule has 0 amide bonds. The van der Waals surface area contributed by atoms with Crippen LogP contribution in [0.5, 0.6) is 0 Å². The molecule has 0 fully saturated rings. The van der Waals surface area contributed by atoms with Crippen LogP contribution in [0.4, 0.5) is 4.39 Å². The first-order valence-electron chi connectivity index (χ1n) is 7.62. The highest BCUT2D eigenvalue weighted by Gasteiger charge is 2.21. The Kier molecular flexibility index (Phi) is 3.34. The van der Waals surface area contributed by atoms with E-state index >= 15 is 0 Å². The van der Waals surface area contributed by atoms with Gasteiger partial charge in [0.05, 0.1) is 17.9 Å². The van der Waals surface area contributed by atoms with Gasteiger partial charge in [-0.05, 0) is 37.3 Å². The number of aliphatic imine (C=N–C) groups is 1. The average Bonchev–Trinajstić information content (AvgIpc) is 2.99. The second kappa shape index (κ2) is 5.53. The second-order valence-corrected chi connectivity index (χ2v) is 5.65. The number of hydrogen-bond acceptors (Lipinski definition) is 3. The van der Waals surface area contributed by atoms with E-state index in [1.165, 1.54) is 13.0 Å². The van der Waals surface area contributed by atoms with E-state index in [0.717, 1.165) is 17.1 Å². The Labute approximate surface area is 138 Å². The van der Waals surface area contributed by atoms with E-state index in [1.54, 1.807) is 36.5 Å². The Morgan fingerprint density at radius 2 is 2.00 bits per heavy atom. The zero-order chi connectivity index (χ0) is 16.7. The van der Waals surface area contributed by atoms with E-state index < -0.39 is 0 Å². The molecule has 118 valence electrons. The molecule has 0 atom stereocenters. The van der Waals surface area contributed by atoms with Crippen LogP contribution >= 0.6 is 0 Å². The van der Waals surface area contributed by atoms with Gasteiger partial charge >= 0.3 is 0 Å². The van der Waals surface area contributed by atoms with Crippen LogP contribution in [0, 0.1) is 5.82 Å². The molecule has 0 spiro atoms. The van der Waals surface area contributed by atoms with Crippen molar-refractivity contribution in [1.29, 1.82) is 0 Å². The number of hydrogen-bond donors (Lipinski definition) is 0. The summed E-state index contributed by atoms with van der Waals surface area (Å²) in [6.45, 7) is 1.86. The second-order valence-electron chi connectivity index (χ2n) is 5.65. The van der Waals surface area contributed by atoms with Crippen molar-refractivity contribution in [3.05, 3.63) is 83.2 Å². The van der Waals surface area contributed by atoms with Gasteiger partial charge in [0, 0.05) is 29.1 Å². The van der Waals surface area contributed by atoms with Crippen molar-refractivity contribution >= 4 is 11.5 Å². The molecule has 5 heteroatoms. The van der Waals surface area contributed by atoms with Crippen LogP contribution in [0.2, 0.25) is 0 Å². The fourth-order valence-electron chi connectivity index (χ4n) is 2.94. The smallest absolute Gasteiger partial charge is 0.159 e. The van der Waals surface area contributed by atoms with Crippen molar-refractivity contribution in [2.75, 3.05) is 0 Å². The number of nitrogens with zero attached hydrogens (tertiary/aromatic N) is 3. The van der Waals surface area contributed by atoms with Gasteiger partial charge in [-0.25, -0.2) is 9.37 Å². The van der Waals surface area contributed by atoms with Crippen molar-refractivity contribution in [3.8, 4) is 5.69 Å². The van der Waals surface area contributed by atoms with Gasteiger partial charge in [0.2, 0.25) is 0 Å². The third kappa shape index (κ3) is 2.25. The zero-order valence-corrected chi connectivity index (χ0v) is 13.0. The first-order valence-corrected chi connectivity index (χ1v) is 7.62. The van der Waals surface area contributed by atoms with Crippen LogP contribution in [0.25, 0.3) is 5.69 Å². The molecule has 1 aliphatic heterocycles. The molecule has 24 heavy (non-hydrogen) atoms. The normalized spacial score (nSPS) is 12.8. The lowest BCUT2D eigenvalue weighted by molar-refractivity contribution is 0.101. The Bertz CT molecular complexity index is 988. The molecule has 4 nitrogen and oxygen atoms in total. The van der Waals surface area contributed by atoms with Gasteiger partial charge in [-0.2, -0.15) is 0 Å². The number of benzene rings is 2. The predicted octanol–water partition coefficient (Wildman–Crippen LogP) is 3.57. The lowest BCUT2D eigenvalue weighted by Crippen LogP contribution is -2.10. The third-order valence-corrected chi connectivity index (χ3v) is 4.14. The third-order valence-electron chi connectivity index (χ3n) is 4.14. The molecule has 0 saturated heterocycles. The van der Waals surface area contributed by atoms with Crippen molar-refractivity contribution in [2.24, 2.45) is 4.99 Å². The number of Topliss-reactive ketones (excluding diaryl/α,β-unsaturated/α-hetero) is 1. The summed E-state index contributed by atoms with van der Waals surface area (Å²) in [4.78, 5) is 20.7. The van der Waals surface area contributed by atoms with Crippen LogP contribution in [-0.4, -0.2) is 21.0 Å². The minimum atomic E-state index is -0.338. The molecule has 1 aromatic heterocycles. The molecular weight excluding hydrogens is 305 g/mol. The van der Waals surface area contributed by atoms with Gasteiger partial charge in [-0.1, -0.05) is 12.1 Å². The number of aromatic nitrogens is 2. The molecular formula is C19H14FN3O. The number of ketones is 1. The minimum absolute atomic E-state index is 0.0409. The van der Waals surface area contributed by atoms with Gasteiger partial charge in [0.25, 0.3) is 0 Å². The number of carbonyl (C=O) groups excluding carboxylic acids is 1. The summed E-state index contributed by atoms with van der Waals surface area (Å²) in [5, 5.41) is 0. The molecule has 0 saturated carbocycles. The van der Waals surface area contributed by atoms with E-state index in [2.05, 4.69) is 9.98 Å². The minimum Gasteiger partial charge on any atom is -0.302 e. The predicted molar refractivity (Wildman–Crippen MR) is 89.3 cm³/mol. The number of carbonyl (C=O) groups is 1. The molecule has 0 bridgehead atoms. The maximum absolute atomic E-state index is 14.3. The fourth-order valence-corrected chi connectivity index (χ4v) is 2.94. The van der Waals surface area contributed by atoms with Crippen LogP contribution in [-0.2, 0) is 6.54 Å². The van der Waals surface area contributed by atoms with E-state index in [-0.39, 0.29) is 11.6 Å². The van der Waals surface area contributed by atoms with Crippen LogP contribution in [0.15, 0.2) is 59.9 Å². The van der Waals surface area contributed by atoms with E-state index in [4.69, 9.17) is 0 Å². The quantitative estimate of drug-likeness (QED) is 0.678. The summed E-state index contributed by atoms with van der Waals surface area (Å²) in [6, 6.07) is 11.9. The van der Waals surface area contributed by atoms with Crippen LogP contribution in [0.3, 0.4) is 0 Å². The van der Waals surface area contributed by atoms with E-state index in [1.807, 2.05) is 16.8 Å². The summed E-state index contributed by atoms with van der Waals surface area (Å²) in [5.41, 5.74) is 3.10. The number of fused-ring (bicyclic) bond motifs is 3. The maximum Gasteiger partial charge on any atom is 0.159 e. The average molecular weight is 319 g/mol. The summed E-state index contributed by atoms with van der Waals surface area (Å²) in [6.07, 6.45) is 3.56. The highest BCUT2D eigenvalue weighted by Crippen LogP contribution is 2.26. The molecule has 4 rings (SSSR count). The number of rotatable bonds is 2. The van der Waals surface area contributed by atoms with Gasteiger partial charge in [0.1, 0.15) is 11.6 Å². The van der Waals surface area contributed by atoms with Gasteiger partial charge < -0.3 is 4.57 Å². The molecule has 2 heterocycles. The number of halogens is 1. The molecule has 2 aromatic carbocycles. The Balaban J connectivity index is 2.01. The molecule has 0 N–H and O–H groups in total. The largest absolute Gasteiger partial charge is 0.302 e. The van der Waals surface area contributed by atoms with Gasteiger partial charge in [0.15, 0.2) is 5.78 Å². The lowest BCUT2D eigenvalue weighted by Gasteiger charge is -2.13. The van der Waals surface area contributed by atoms with Crippen molar-refractivity contribution < 1.29 is 9.18 Å². The highest BCUT2D eigenvalue weighted by molar-refractivity contribution is 6.16. The van der Waals surface area contributed by atoms with Crippen molar-refractivity contribution in [2.45, 2.75) is 13.5 Å². The van der Waals surface area contributed by atoms with Gasteiger partial charge in [-0.15, -0.1) is 0 Å². The maximum atomic E-state index is 14.3.